The zero-order chi connectivity index (χ0) is 31.8. The number of aliphatic hydroxyl groups excluding tert-OH is 1. The summed E-state index contributed by atoms with van der Waals surface area (Å²) in [6.07, 6.45) is 2.31. The highest BCUT2D eigenvalue weighted by atomic mass is 16.5. The fourth-order valence-electron chi connectivity index (χ4n) is 5.72. The molecular weight excluding hydrogens is 572 g/mol. The van der Waals surface area contributed by atoms with Gasteiger partial charge in [-0.05, 0) is 60.4 Å². The van der Waals surface area contributed by atoms with Crippen LogP contribution in [0.2, 0.25) is 0 Å². The van der Waals surface area contributed by atoms with Crippen molar-refractivity contribution >= 4 is 17.4 Å². The standard InChI is InChI=1S/C36H40N2O7/c1-4-19-44-29-13-12-28(22-25(29)2)34(39)32-33(38(36(41)35(32)40)16-8-15-37-17-20-43-21-18-37)27-11-14-30(31(23-27)42-3)45-24-26-9-6-5-7-10-26/h4-7,9-14,22-23,33,39H,1,8,15-21,24H2,2-3H3. The number of Topliss-reactive ketones (excluding diaryl/α,β-unsaturated/α-hetero) is 1. The van der Waals surface area contributed by atoms with Crippen LogP contribution in [0.5, 0.6) is 17.2 Å². The lowest BCUT2D eigenvalue weighted by atomic mass is 9.94. The molecule has 236 valence electrons. The van der Waals surface area contributed by atoms with Crippen LogP contribution in [0, 0.1) is 6.92 Å². The normalized spacial score (nSPS) is 18.2. The molecule has 0 bridgehead atoms. The number of methoxy groups -OCH3 is 1. The summed E-state index contributed by atoms with van der Waals surface area (Å²) in [4.78, 5) is 31.0. The minimum absolute atomic E-state index is 0.0329. The molecule has 5 rings (SSSR count). The second kappa shape index (κ2) is 14.9. The molecule has 0 saturated carbocycles. The van der Waals surface area contributed by atoms with E-state index in [0.29, 0.717) is 67.8 Å². The van der Waals surface area contributed by atoms with Gasteiger partial charge in [-0.3, -0.25) is 14.5 Å². The molecule has 0 aliphatic carbocycles. The summed E-state index contributed by atoms with van der Waals surface area (Å²) in [5, 5.41) is 11.6. The minimum atomic E-state index is -0.816. The molecular formula is C36H40N2O7. The van der Waals surface area contributed by atoms with Gasteiger partial charge in [0.05, 0.1) is 31.9 Å². The number of ketones is 1. The van der Waals surface area contributed by atoms with Gasteiger partial charge in [-0.2, -0.15) is 0 Å². The minimum Gasteiger partial charge on any atom is -0.507 e. The molecule has 45 heavy (non-hydrogen) atoms. The predicted molar refractivity (Wildman–Crippen MR) is 172 cm³/mol. The van der Waals surface area contributed by atoms with Crippen LogP contribution in [-0.2, 0) is 20.9 Å². The number of nitrogens with zero attached hydrogens (tertiary/aromatic N) is 2. The molecule has 1 atom stereocenters. The van der Waals surface area contributed by atoms with E-state index in [0.717, 1.165) is 30.8 Å². The van der Waals surface area contributed by atoms with Gasteiger partial charge in [0.2, 0.25) is 0 Å². The molecule has 2 fully saturated rings. The summed E-state index contributed by atoms with van der Waals surface area (Å²) in [6.45, 7) is 10.4. The molecule has 2 aliphatic rings. The second-order valence-corrected chi connectivity index (χ2v) is 11.1. The maximum atomic E-state index is 13.6. The summed E-state index contributed by atoms with van der Waals surface area (Å²) < 4.78 is 22.9. The first kappa shape index (κ1) is 31.8. The van der Waals surface area contributed by atoms with Crippen molar-refractivity contribution in [2.24, 2.45) is 0 Å². The van der Waals surface area contributed by atoms with E-state index in [2.05, 4.69) is 11.5 Å². The second-order valence-electron chi connectivity index (χ2n) is 11.1. The molecule has 2 saturated heterocycles. The fraction of sp³-hybridized carbons (Fsp3) is 0.333. The van der Waals surface area contributed by atoms with Gasteiger partial charge < -0.3 is 29.0 Å². The van der Waals surface area contributed by atoms with Crippen LogP contribution in [-0.4, -0.2) is 79.7 Å². The van der Waals surface area contributed by atoms with E-state index in [1.807, 2.05) is 43.3 Å². The maximum absolute atomic E-state index is 13.6. The van der Waals surface area contributed by atoms with Crippen molar-refractivity contribution in [3.05, 3.63) is 107 Å². The van der Waals surface area contributed by atoms with E-state index < -0.39 is 17.7 Å². The average Bonchev–Trinajstić information content (AvgIpc) is 3.32. The number of likely N-dealkylation sites (tertiary alicyclic amines) is 1. The van der Waals surface area contributed by atoms with E-state index in [1.165, 1.54) is 0 Å². The van der Waals surface area contributed by atoms with Gasteiger partial charge in [0.25, 0.3) is 11.7 Å². The maximum Gasteiger partial charge on any atom is 0.295 e. The molecule has 1 N–H and O–H groups in total. The molecule has 9 nitrogen and oxygen atoms in total. The van der Waals surface area contributed by atoms with Crippen molar-refractivity contribution in [3.8, 4) is 17.2 Å². The lowest BCUT2D eigenvalue weighted by molar-refractivity contribution is -0.140. The largest absolute Gasteiger partial charge is 0.507 e. The fourth-order valence-corrected chi connectivity index (χ4v) is 5.72. The highest BCUT2D eigenvalue weighted by molar-refractivity contribution is 6.46. The first-order valence-corrected chi connectivity index (χ1v) is 15.2. The molecule has 0 radical (unpaired) electrons. The van der Waals surface area contributed by atoms with Gasteiger partial charge in [-0.1, -0.05) is 49.1 Å². The number of amides is 1. The Kier molecular flexibility index (Phi) is 10.5. The van der Waals surface area contributed by atoms with Gasteiger partial charge in [0, 0.05) is 31.7 Å². The van der Waals surface area contributed by atoms with Gasteiger partial charge in [-0.25, -0.2) is 0 Å². The first-order chi connectivity index (χ1) is 21.9. The van der Waals surface area contributed by atoms with Crippen LogP contribution in [0.3, 0.4) is 0 Å². The molecule has 0 spiro atoms. The molecule has 9 heteroatoms. The van der Waals surface area contributed by atoms with Gasteiger partial charge >= 0.3 is 0 Å². The van der Waals surface area contributed by atoms with Gasteiger partial charge in [-0.15, -0.1) is 0 Å². The predicted octanol–water partition coefficient (Wildman–Crippen LogP) is 5.29. The molecule has 3 aromatic carbocycles. The number of rotatable bonds is 13. The monoisotopic (exact) mass is 612 g/mol. The topological polar surface area (TPSA) is 97.8 Å². The lowest BCUT2D eigenvalue weighted by Gasteiger charge is -2.29. The molecule has 2 heterocycles. The Bertz CT molecular complexity index is 1550. The first-order valence-electron chi connectivity index (χ1n) is 15.2. The van der Waals surface area contributed by atoms with Crippen LogP contribution < -0.4 is 14.2 Å². The summed E-state index contributed by atoms with van der Waals surface area (Å²) in [5.41, 5.74) is 2.87. The Hall–Kier alpha value is -4.60. The highest BCUT2D eigenvalue weighted by Crippen LogP contribution is 2.42. The number of aryl methyl sites for hydroxylation is 1. The Labute approximate surface area is 264 Å². The quantitative estimate of drug-likeness (QED) is 0.120. The van der Waals surface area contributed by atoms with E-state index in [4.69, 9.17) is 18.9 Å². The number of ether oxygens (including phenoxy) is 4. The highest BCUT2D eigenvalue weighted by Gasteiger charge is 2.46. The molecule has 3 aromatic rings. The zero-order valence-electron chi connectivity index (χ0n) is 25.9. The number of carbonyl (C=O) groups excluding carboxylic acids is 2. The van der Waals surface area contributed by atoms with Crippen LogP contribution in [0.4, 0.5) is 0 Å². The van der Waals surface area contributed by atoms with Crippen molar-refractivity contribution in [1.82, 2.24) is 9.80 Å². The SMILES string of the molecule is C=CCOc1ccc(C(O)=C2C(=O)C(=O)N(CCCN3CCOCC3)C2c2ccc(OCc3ccccc3)c(OC)c2)cc1C. The van der Waals surface area contributed by atoms with Crippen LogP contribution in [0.15, 0.2) is 85.0 Å². The molecule has 0 aromatic heterocycles. The Morgan fingerprint density at radius 2 is 1.73 bits per heavy atom. The number of aliphatic hydroxyl groups is 1. The van der Waals surface area contributed by atoms with Crippen molar-refractivity contribution < 1.29 is 33.6 Å². The zero-order valence-corrected chi connectivity index (χ0v) is 25.9. The molecule has 1 amide bonds. The van der Waals surface area contributed by atoms with Crippen LogP contribution in [0.1, 0.15) is 34.7 Å². The van der Waals surface area contributed by atoms with Crippen molar-refractivity contribution in [2.75, 3.05) is 53.1 Å². The Morgan fingerprint density at radius 1 is 0.978 bits per heavy atom. The third-order valence-electron chi connectivity index (χ3n) is 8.06. The molecule has 2 aliphatic heterocycles. The van der Waals surface area contributed by atoms with Crippen LogP contribution in [0.25, 0.3) is 5.76 Å². The average molecular weight is 613 g/mol. The number of benzene rings is 3. The van der Waals surface area contributed by atoms with E-state index in [1.54, 1.807) is 48.4 Å². The van der Waals surface area contributed by atoms with E-state index >= 15 is 0 Å². The third-order valence-corrected chi connectivity index (χ3v) is 8.06. The Morgan fingerprint density at radius 3 is 2.44 bits per heavy atom. The van der Waals surface area contributed by atoms with Crippen LogP contribution >= 0.6 is 0 Å². The lowest BCUT2D eigenvalue weighted by Crippen LogP contribution is -2.39. The van der Waals surface area contributed by atoms with Crippen molar-refractivity contribution in [3.63, 3.8) is 0 Å². The van der Waals surface area contributed by atoms with E-state index in [9.17, 15) is 14.7 Å². The smallest absolute Gasteiger partial charge is 0.295 e. The molecule has 1 unspecified atom stereocenters. The summed E-state index contributed by atoms with van der Waals surface area (Å²) in [7, 11) is 1.55. The van der Waals surface area contributed by atoms with Gasteiger partial charge in [0.15, 0.2) is 11.5 Å². The van der Waals surface area contributed by atoms with Crippen molar-refractivity contribution in [2.45, 2.75) is 26.0 Å². The number of carbonyl (C=O) groups is 2. The summed E-state index contributed by atoms with van der Waals surface area (Å²) in [5.74, 6) is 0.0200. The van der Waals surface area contributed by atoms with E-state index in [-0.39, 0.29) is 11.3 Å². The number of hydrogen-bond donors (Lipinski definition) is 1. The van der Waals surface area contributed by atoms with Crippen molar-refractivity contribution in [1.29, 1.82) is 0 Å². The summed E-state index contributed by atoms with van der Waals surface area (Å²) >= 11 is 0. The Balaban J connectivity index is 1.49. The van der Waals surface area contributed by atoms with Gasteiger partial charge in [0.1, 0.15) is 24.7 Å². The number of hydrogen-bond acceptors (Lipinski definition) is 8. The summed E-state index contributed by atoms with van der Waals surface area (Å²) in [6, 6.07) is 19.5. The third kappa shape index (κ3) is 7.38. The number of morpholine rings is 1.